The van der Waals surface area contributed by atoms with E-state index >= 15 is 0 Å². The number of para-hydroxylation sites is 2. The number of benzene rings is 3. The van der Waals surface area contributed by atoms with Crippen LogP contribution in [0.2, 0.25) is 0 Å². The highest BCUT2D eigenvalue weighted by molar-refractivity contribution is 6.46. The minimum absolute atomic E-state index is 0.151. The molecule has 0 aromatic heterocycles. The van der Waals surface area contributed by atoms with Crippen molar-refractivity contribution in [1.29, 1.82) is 0 Å². The summed E-state index contributed by atoms with van der Waals surface area (Å²) in [7, 11) is 3.06. The van der Waals surface area contributed by atoms with Crippen LogP contribution in [0.15, 0.2) is 72.4 Å². The molecule has 3 aromatic rings. The summed E-state index contributed by atoms with van der Waals surface area (Å²) in [6, 6.07) is 19.2. The normalized spacial score (nSPS) is 14.9. The van der Waals surface area contributed by atoms with Crippen molar-refractivity contribution in [2.24, 2.45) is 0 Å². The van der Waals surface area contributed by atoms with E-state index < -0.39 is 11.8 Å². The number of fused-ring (bicyclic) bond motifs is 1. The molecule has 0 aliphatic carbocycles. The fourth-order valence-corrected chi connectivity index (χ4v) is 3.97. The van der Waals surface area contributed by atoms with Crippen LogP contribution in [0.25, 0.3) is 5.57 Å². The second kappa shape index (κ2) is 8.82. The zero-order valence-electron chi connectivity index (χ0n) is 18.7. The van der Waals surface area contributed by atoms with Crippen molar-refractivity contribution in [2.45, 2.75) is 0 Å². The van der Waals surface area contributed by atoms with E-state index in [1.54, 1.807) is 73.8 Å². The largest absolute Gasteiger partial charge is 0.497 e. The number of carbonyl (C=O) groups is 2. The van der Waals surface area contributed by atoms with Gasteiger partial charge in [0, 0.05) is 11.8 Å². The molecule has 0 radical (unpaired) electrons. The van der Waals surface area contributed by atoms with Gasteiger partial charge in [0.2, 0.25) is 0 Å². The SMILES string of the molecule is COc1ccc(C2=C(Nc3ccc4c(c3)OCCO4)C(=O)N(c3ccccc3OC)C2=O)cc1. The first-order valence-corrected chi connectivity index (χ1v) is 10.7. The third-order valence-electron chi connectivity index (χ3n) is 5.60. The molecule has 0 saturated heterocycles. The average Bonchev–Trinajstić information content (AvgIpc) is 3.12. The van der Waals surface area contributed by atoms with Gasteiger partial charge in [-0.1, -0.05) is 24.3 Å². The first-order chi connectivity index (χ1) is 16.6. The Hall–Kier alpha value is -4.46. The molecule has 8 nitrogen and oxygen atoms in total. The van der Waals surface area contributed by atoms with E-state index in [9.17, 15) is 9.59 Å². The monoisotopic (exact) mass is 458 g/mol. The zero-order valence-corrected chi connectivity index (χ0v) is 18.7. The van der Waals surface area contributed by atoms with E-state index in [2.05, 4.69) is 5.32 Å². The topological polar surface area (TPSA) is 86.3 Å². The van der Waals surface area contributed by atoms with E-state index in [0.717, 1.165) is 4.90 Å². The number of nitrogens with zero attached hydrogens (tertiary/aromatic N) is 1. The number of hydrogen-bond donors (Lipinski definition) is 1. The number of carbonyl (C=O) groups excluding carboxylic acids is 2. The molecule has 0 bridgehead atoms. The third-order valence-corrected chi connectivity index (χ3v) is 5.60. The lowest BCUT2D eigenvalue weighted by atomic mass is 10.0. The molecule has 8 heteroatoms. The maximum Gasteiger partial charge on any atom is 0.282 e. The van der Waals surface area contributed by atoms with Crippen LogP contribution >= 0.6 is 0 Å². The lowest BCUT2D eigenvalue weighted by Gasteiger charge is -2.20. The second-order valence-corrected chi connectivity index (χ2v) is 7.58. The molecule has 0 atom stereocenters. The fourth-order valence-electron chi connectivity index (χ4n) is 3.97. The van der Waals surface area contributed by atoms with E-state index in [0.29, 0.717) is 53.2 Å². The molecule has 2 amide bonds. The van der Waals surface area contributed by atoms with Gasteiger partial charge in [-0.25, -0.2) is 4.90 Å². The van der Waals surface area contributed by atoms with Crippen molar-refractivity contribution in [2.75, 3.05) is 37.7 Å². The molecule has 5 rings (SSSR count). The minimum Gasteiger partial charge on any atom is -0.497 e. The Balaban J connectivity index is 1.59. The minimum atomic E-state index is -0.491. The van der Waals surface area contributed by atoms with E-state index in [4.69, 9.17) is 18.9 Å². The summed E-state index contributed by atoms with van der Waals surface area (Å²) < 4.78 is 21.9. The number of imide groups is 1. The van der Waals surface area contributed by atoms with Crippen molar-refractivity contribution in [3.8, 4) is 23.0 Å². The third kappa shape index (κ3) is 3.69. The van der Waals surface area contributed by atoms with Crippen LogP contribution in [0.5, 0.6) is 23.0 Å². The molecular formula is C26H22N2O6. The van der Waals surface area contributed by atoms with Crippen LogP contribution in [0, 0.1) is 0 Å². The molecule has 0 fully saturated rings. The van der Waals surface area contributed by atoms with E-state index in [1.807, 2.05) is 0 Å². The van der Waals surface area contributed by atoms with Crippen molar-refractivity contribution >= 4 is 28.8 Å². The number of anilines is 2. The maximum atomic E-state index is 13.6. The standard InChI is InChI=1S/C26H22N2O6/c1-31-18-10-7-16(8-11-18)23-24(27-17-9-12-21-22(15-17)34-14-13-33-21)26(30)28(25(23)29)19-5-3-4-6-20(19)32-2/h3-12,15,27H,13-14H2,1-2H3. The number of nitrogens with one attached hydrogen (secondary N) is 1. The Morgan fingerprint density at radius 3 is 2.29 bits per heavy atom. The van der Waals surface area contributed by atoms with Gasteiger partial charge in [-0.05, 0) is 42.0 Å². The van der Waals surface area contributed by atoms with Gasteiger partial charge in [0.05, 0.1) is 25.5 Å². The van der Waals surface area contributed by atoms with Crippen LogP contribution in [0.3, 0.4) is 0 Å². The summed E-state index contributed by atoms with van der Waals surface area (Å²) >= 11 is 0. The van der Waals surface area contributed by atoms with Gasteiger partial charge in [0.25, 0.3) is 11.8 Å². The molecule has 0 unspecified atom stereocenters. The highest BCUT2D eigenvalue weighted by Gasteiger charge is 2.41. The molecule has 34 heavy (non-hydrogen) atoms. The number of amides is 2. The zero-order chi connectivity index (χ0) is 23.7. The summed E-state index contributed by atoms with van der Waals surface area (Å²) in [6.45, 7) is 0.919. The van der Waals surface area contributed by atoms with Crippen molar-refractivity contribution in [3.05, 3.63) is 78.0 Å². The Kier molecular flexibility index (Phi) is 5.55. The molecule has 172 valence electrons. The van der Waals surface area contributed by atoms with Gasteiger partial charge in [-0.3, -0.25) is 9.59 Å². The highest BCUT2D eigenvalue weighted by Crippen LogP contribution is 2.39. The Labute approximate surface area is 196 Å². The summed E-state index contributed by atoms with van der Waals surface area (Å²) in [5.74, 6) is 1.31. The van der Waals surface area contributed by atoms with Gasteiger partial charge in [-0.2, -0.15) is 0 Å². The molecule has 2 heterocycles. The second-order valence-electron chi connectivity index (χ2n) is 7.58. The number of methoxy groups -OCH3 is 2. The average molecular weight is 458 g/mol. The molecule has 2 aliphatic heterocycles. The van der Waals surface area contributed by atoms with Crippen LogP contribution in [-0.2, 0) is 9.59 Å². The van der Waals surface area contributed by atoms with Gasteiger partial charge in [0.1, 0.15) is 30.4 Å². The van der Waals surface area contributed by atoms with Gasteiger partial charge >= 0.3 is 0 Å². The smallest absolute Gasteiger partial charge is 0.282 e. The van der Waals surface area contributed by atoms with Crippen LogP contribution in [0.1, 0.15) is 5.56 Å². The molecule has 2 aliphatic rings. The van der Waals surface area contributed by atoms with Gasteiger partial charge in [0.15, 0.2) is 11.5 Å². The van der Waals surface area contributed by atoms with E-state index in [-0.39, 0.29) is 11.3 Å². The Morgan fingerprint density at radius 2 is 1.56 bits per heavy atom. The van der Waals surface area contributed by atoms with Crippen LogP contribution < -0.4 is 29.2 Å². The highest BCUT2D eigenvalue weighted by atomic mass is 16.6. The predicted molar refractivity (Wildman–Crippen MR) is 126 cm³/mol. The van der Waals surface area contributed by atoms with E-state index in [1.165, 1.54) is 7.11 Å². The molecule has 1 N–H and O–H groups in total. The summed E-state index contributed by atoms with van der Waals surface area (Å²) in [5, 5.41) is 3.15. The fraction of sp³-hybridized carbons (Fsp3) is 0.154. The summed E-state index contributed by atoms with van der Waals surface area (Å²) in [5.41, 5.74) is 1.93. The Bertz CT molecular complexity index is 1300. The first-order valence-electron chi connectivity index (χ1n) is 10.7. The summed E-state index contributed by atoms with van der Waals surface area (Å²) in [4.78, 5) is 28.4. The lowest BCUT2D eigenvalue weighted by molar-refractivity contribution is -0.120. The molecular weight excluding hydrogens is 436 g/mol. The van der Waals surface area contributed by atoms with Crippen molar-refractivity contribution in [3.63, 3.8) is 0 Å². The van der Waals surface area contributed by atoms with Crippen molar-refractivity contribution < 1.29 is 28.5 Å². The molecule has 0 spiro atoms. The van der Waals surface area contributed by atoms with Gasteiger partial charge in [-0.15, -0.1) is 0 Å². The number of ether oxygens (including phenoxy) is 4. The van der Waals surface area contributed by atoms with Crippen molar-refractivity contribution in [1.82, 2.24) is 0 Å². The predicted octanol–water partition coefficient (Wildman–Crippen LogP) is 3.87. The number of rotatable bonds is 6. The quantitative estimate of drug-likeness (QED) is 0.561. The van der Waals surface area contributed by atoms with Crippen LogP contribution in [-0.4, -0.2) is 39.2 Å². The molecule has 0 saturated carbocycles. The number of hydrogen-bond acceptors (Lipinski definition) is 7. The van der Waals surface area contributed by atoms with Gasteiger partial charge < -0.3 is 24.3 Å². The Morgan fingerprint density at radius 1 is 0.824 bits per heavy atom. The molecule has 3 aromatic carbocycles. The summed E-state index contributed by atoms with van der Waals surface area (Å²) in [6.07, 6.45) is 0. The van der Waals surface area contributed by atoms with Crippen LogP contribution in [0.4, 0.5) is 11.4 Å². The lowest BCUT2D eigenvalue weighted by Crippen LogP contribution is -2.32. The first kappa shape index (κ1) is 21.4. The maximum absolute atomic E-state index is 13.6.